The van der Waals surface area contributed by atoms with E-state index in [1.165, 1.54) is 6.07 Å². The zero-order chi connectivity index (χ0) is 27.1. The minimum atomic E-state index is -0.910. The minimum absolute atomic E-state index is 0.0249. The number of rotatable bonds is 11. The molecule has 0 atom stereocenters. The Morgan fingerprint density at radius 2 is 1.16 bits per heavy atom. The zero-order valence-electron chi connectivity index (χ0n) is 22.8. The fourth-order valence-electron chi connectivity index (χ4n) is 6.08. The minimum Gasteiger partial charge on any atom is -0.490 e. The lowest BCUT2D eigenvalue weighted by atomic mass is 9.78. The Balaban J connectivity index is 1.27. The van der Waals surface area contributed by atoms with Gasteiger partial charge in [0.15, 0.2) is 23.1 Å². The van der Waals surface area contributed by atoms with Crippen molar-refractivity contribution in [1.29, 1.82) is 0 Å². The van der Waals surface area contributed by atoms with Gasteiger partial charge in [0.05, 0.1) is 13.2 Å². The second-order valence-corrected chi connectivity index (χ2v) is 11.5. The molecule has 2 saturated carbocycles. The Labute approximate surface area is 225 Å². The topological polar surface area (TPSA) is 18.5 Å². The fourth-order valence-corrected chi connectivity index (χ4v) is 6.08. The van der Waals surface area contributed by atoms with Crippen LogP contribution in [0, 0.1) is 35.1 Å². The van der Waals surface area contributed by atoms with Crippen molar-refractivity contribution in [2.75, 3.05) is 13.2 Å². The van der Waals surface area contributed by atoms with Gasteiger partial charge in [-0.3, -0.25) is 0 Å². The van der Waals surface area contributed by atoms with Crippen molar-refractivity contribution in [3.8, 4) is 11.5 Å². The van der Waals surface area contributed by atoms with Gasteiger partial charge in [-0.2, -0.15) is 8.78 Å². The van der Waals surface area contributed by atoms with Gasteiger partial charge < -0.3 is 9.47 Å². The third kappa shape index (κ3) is 7.04. The molecule has 0 unspecified atom stereocenters. The van der Waals surface area contributed by atoms with Gasteiger partial charge in [-0.1, -0.05) is 58.1 Å². The molecule has 2 aromatic rings. The van der Waals surface area contributed by atoms with Crippen LogP contribution in [-0.2, 0) is 0 Å². The molecular weight excluding hydrogens is 492 g/mol. The van der Waals surface area contributed by atoms with Crippen LogP contribution in [0.25, 0.3) is 0 Å². The maximum atomic E-state index is 14.9. The maximum Gasteiger partial charge on any atom is 0.200 e. The van der Waals surface area contributed by atoms with Gasteiger partial charge >= 0.3 is 0 Å². The highest BCUT2D eigenvalue weighted by molar-refractivity contribution is 5.34. The van der Waals surface area contributed by atoms with E-state index in [4.69, 9.17) is 9.47 Å². The molecule has 6 heteroatoms. The van der Waals surface area contributed by atoms with E-state index in [2.05, 4.69) is 13.8 Å². The van der Waals surface area contributed by atoms with Crippen molar-refractivity contribution in [2.24, 2.45) is 11.8 Å². The standard InChI is InChI=1S/C32H42F4O2/c1-3-4-5-6-19-37-27-17-15-26(29(33)31(27)35)24-13-9-22(10-14-24)20-38-28-18-16-25(30(34)32(28)36)23-11-7-21(2)8-12-23/h15-18,21-24H,3-14,19-20H2,1-2H3. The lowest BCUT2D eigenvalue weighted by molar-refractivity contribution is 0.191. The summed E-state index contributed by atoms with van der Waals surface area (Å²) in [5.74, 6) is -2.69. The van der Waals surface area contributed by atoms with Crippen LogP contribution in [0.3, 0.4) is 0 Å². The van der Waals surface area contributed by atoms with Crippen molar-refractivity contribution < 1.29 is 27.0 Å². The molecule has 0 N–H and O–H groups in total. The number of ether oxygens (including phenoxy) is 2. The molecule has 0 aliphatic heterocycles. The lowest BCUT2D eigenvalue weighted by Crippen LogP contribution is -2.20. The van der Waals surface area contributed by atoms with Gasteiger partial charge in [-0.15, -0.1) is 0 Å². The van der Waals surface area contributed by atoms with Crippen LogP contribution in [0.1, 0.15) is 114 Å². The van der Waals surface area contributed by atoms with E-state index in [0.717, 1.165) is 64.2 Å². The Morgan fingerprint density at radius 3 is 1.71 bits per heavy atom. The van der Waals surface area contributed by atoms with Crippen LogP contribution in [0.15, 0.2) is 24.3 Å². The second kappa shape index (κ2) is 13.7. The van der Waals surface area contributed by atoms with E-state index in [1.807, 2.05) is 0 Å². The Morgan fingerprint density at radius 1 is 0.632 bits per heavy atom. The van der Waals surface area contributed by atoms with Crippen LogP contribution in [0.2, 0.25) is 0 Å². The molecule has 210 valence electrons. The first kappa shape index (κ1) is 28.8. The second-order valence-electron chi connectivity index (χ2n) is 11.5. The molecule has 4 rings (SSSR count). The summed E-state index contributed by atoms with van der Waals surface area (Å²) in [6.45, 7) is 4.99. The third-order valence-corrected chi connectivity index (χ3v) is 8.63. The monoisotopic (exact) mass is 534 g/mol. The SMILES string of the molecule is CCCCCCOc1ccc(C2CCC(COc3ccc(C4CCC(C)CC4)c(F)c3F)CC2)c(F)c1F. The van der Waals surface area contributed by atoms with Crippen LogP contribution >= 0.6 is 0 Å². The van der Waals surface area contributed by atoms with Crippen LogP contribution < -0.4 is 9.47 Å². The van der Waals surface area contributed by atoms with E-state index < -0.39 is 23.3 Å². The summed E-state index contributed by atoms with van der Waals surface area (Å²) in [6, 6.07) is 6.43. The molecule has 0 aromatic heterocycles. The van der Waals surface area contributed by atoms with E-state index in [9.17, 15) is 17.6 Å². The summed E-state index contributed by atoms with van der Waals surface area (Å²) in [5.41, 5.74) is 0.852. The van der Waals surface area contributed by atoms with Crippen molar-refractivity contribution in [3.05, 3.63) is 58.7 Å². The molecule has 2 aromatic carbocycles. The highest BCUT2D eigenvalue weighted by Gasteiger charge is 2.28. The number of benzene rings is 2. The first-order valence-electron chi connectivity index (χ1n) is 14.6. The predicted octanol–water partition coefficient (Wildman–Crippen LogP) is 9.85. The molecule has 0 amide bonds. The first-order valence-corrected chi connectivity index (χ1v) is 14.6. The third-order valence-electron chi connectivity index (χ3n) is 8.63. The molecule has 38 heavy (non-hydrogen) atoms. The van der Waals surface area contributed by atoms with E-state index in [1.54, 1.807) is 18.2 Å². The lowest BCUT2D eigenvalue weighted by Gasteiger charge is -2.29. The van der Waals surface area contributed by atoms with E-state index >= 15 is 0 Å². The summed E-state index contributed by atoms with van der Waals surface area (Å²) < 4.78 is 70.3. The van der Waals surface area contributed by atoms with Crippen LogP contribution in [-0.4, -0.2) is 13.2 Å². The Kier molecular flexibility index (Phi) is 10.4. The quantitative estimate of drug-likeness (QED) is 0.211. The summed E-state index contributed by atoms with van der Waals surface area (Å²) in [6.07, 6.45) is 10.8. The molecule has 0 heterocycles. The number of hydrogen-bond donors (Lipinski definition) is 0. The van der Waals surface area contributed by atoms with Gasteiger partial charge in [0.25, 0.3) is 0 Å². The molecule has 2 aliphatic carbocycles. The van der Waals surface area contributed by atoms with Gasteiger partial charge in [-0.05, 0) is 91.9 Å². The zero-order valence-corrected chi connectivity index (χ0v) is 22.8. The van der Waals surface area contributed by atoms with Crippen LogP contribution in [0.5, 0.6) is 11.5 Å². The average Bonchev–Trinajstić information content (AvgIpc) is 2.93. The molecule has 2 nitrogen and oxygen atoms in total. The van der Waals surface area contributed by atoms with Gasteiger partial charge in [0, 0.05) is 0 Å². The van der Waals surface area contributed by atoms with Crippen molar-refractivity contribution in [2.45, 2.75) is 103 Å². The Hall–Kier alpha value is -2.24. The maximum absolute atomic E-state index is 14.9. The molecule has 0 radical (unpaired) electrons. The van der Waals surface area contributed by atoms with Crippen molar-refractivity contribution in [1.82, 2.24) is 0 Å². The molecule has 2 fully saturated rings. The van der Waals surface area contributed by atoms with Gasteiger partial charge in [-0.25, -0.2) is 8.78 Å². The number of halogens is 4. The van der Waals surface area contributed by atoms with E-state index in [0.29, 0.717) is 36.5 Å². The summed E-state index contributed by atoms with van der Waals surface area (Å²) in [5, 5.41) is 0. The molecule has 0 spiro atoms. The summed E-state index contributed by atoms with van der Waals surface area (Å²) in [7, 11) is 0. The number of hydrogen-bond acceptors (Lipinski definition) is 2. The molecular formula is C32H42F4O2. The molecule has 2 aliphatic rings. The summed E-state index contributed by atoms with van der Waals surface area (Å²) in [4.78, 5) is 0. The van der Waals surface area contributed by atoms with Crippen LogP contribution in [0.4, 0.5) is 17.6 Å². The van der Waals surface area contributed by atoms with Gasteiger partial charge in [0.1, 0.15) is 0 Å². The largest absolute Gasteiger partial charge is 0.490 e. The molecule has 0 saturated heterocycles. The van der Waals surface area contributed by atoms with Gasteiger partial charge in [0.2, 0.25) is 11.6 Å². The average molecular weight is 535 g/mol. The highest BCUT2D eigenvalue weighted by Crippen LogP contribution is 2.40. The Bertz CT molecular complexity index is 1040. The predicted molar refractivity (Wildman–Crippen MR) is 143 cm³/mol. The first-order chi connectivity index (χ1) is 18.4. The van der Waals surface area contributed by atoms with Crippen molar-refractivity contribution in [3.63, 3.8) is 0 Å². The highest BCUT2D eigenvalue weighted by atomic mass is 19.2. The fraction of sp³-hybridized carbons (Fsp3) is 0.625. The summed E-state index contributed by atoms with van der Waals surface area (Å²) >= 11 is 0. The number of unbranched alkanes of at least 4 members (excludes halogenated alkanes) is 3. The normalized spacial score (nSPS) is 23.8. The van der Waals surface area contributed by atoms with Crippen molar-refractivity contribution >= 4 is 0 Å². The smallest absolute Gasteiger partial charge is 0.200 e. The van der Waals surface area contributed by atoms with E-state index in [-0.39, 0.29) is 35.9 Å². The molecule has 0 bridgehead atoms.